The average Bonchev–Trinajstić information content (AvgIpc) is 2.97. The van der Waals surface area contributed by atoms with E-state index in [0.29, 0.717) is 16.7 Å². The Morgan fingerprint density at radius 2 is 1.44 bits per heavy atom. The van der Waals surface area contributed by atoms with E-state index in [4.69, 9.17) is 4.74 Å². The molecule has 5 rings (SSSR count). The molecule has 0 aromatic heterocycles. The third-order valence-corrected chi connectivity index (χ3v) is 8.59. The fourth-order valence-electron chi connectivity index (χ4n) is 6.43. The molecule has 3 aromatic rings. The lowest BCUT2D eigenvalue weighted by Crippen LogP contribution is -2.22. The maximum absolute atomic E-state index is 15.3. The van der Waals surface area contributed by atoms with Gasteiger partial charge in [-0.3, -0.25) is 0 Å². The molecule has 1 fully saturated rings. The van der Waals surface area contributed by atoms with Crippen molar-refractivity contribution in [2.45, 2.75) is 58.8 Å². The van der Waals surface area contributed by atoms with Gasteiger partial charge >= 0.3 is 0 Å². The monoisotopic (exact) mass is 530 g/mol. The van der Waals surface area contributed by atoms with E-state index in [2.05, 4.69) is 25.2 Å². The maximum Gasteiger partial charge on any atom is 0.201 e. The SMILES string of the molecule is CC=CC1CCC(C2CC=C(c3ccc(-c4ccc(-c5ccc(OCC)c(F)c5F)cc4)c(F)c3)CC2)CC1. The summed E-state index contributed by atoms with van der Waals surface area (Å²) < 4.78 is 49.3. The Bertz CT molecular complexity index is 1350. The lowest BCUT2D eigenvalue weighted by atomic mass is 9.71. The van der Waals surface area contributed by atoms with Crippen LogP contribution in [0.5, 0.6) is 5.75 Å². The van der Waals surface area contributed by atoms with Crippen molar-refractivity contribution in [1.82, 2.24) is 0 Å². The van der Waals surface area contributed by atoms with Crippen LogP contribution in [0.25, 0.3) is 27.8 Å². The van der Waals surface area contributed by atoms with Crippen LogP contribution in [0.3, 0.4) is 0 Å². The van der Waals surface area contributed by atoms with Crippen LogP contribution in [-0.2, 0) is 0 Å². The van der Waals surface area contributed by atoms with Gasteiger partial charge in [0.1, 0.15) is 5.82 Å². The molecule has 3 aromatic carbocycles. The number of benzene rings is 3. The highest BCUT2D eigenvalue weighted by Crippen LogP contribution is 2.42. The van der Waals surface area contributed by atoms with Crippen LogP contribution in [0.15, 0.2) is 72.8 Å². The van der Waals surface area contributed by atoms with E-state index < -0.39 is 11.6 Å². The molecule has 2 aliphatic rings. The number of hydrogen-bond donors (Lipinski definition) is 0. The molecule has 2 aliphatic carbocycles. The van der Waals surface area contributed by atoms with Crippen LogP contribution in [0.4, 0.5) is 13.2 Å². The first-order valence-electron chi connectivity index (χ1n) is 14.3. The van der Waals surface area contributed by atoms with Crippen molar-refractivity contribution in [3.05, 3.63) is 95.8 Å². The third-order valence-electron chi connectivity index (χ3n) is 8.59. The zero-order chi connectivity index (χ0) is 27.4. The normalized spacial score (nSPS) is 21.7. The molecule has 0 heterocycles. The Labute approximate surface area is 230 Å². The van der Waals surface area contributed by atoms with E-state index in [9.17, 15) is 8.78 Å². The predicted molar refractivity (Wildman–Crippen MR) is 154 cm³/mol. The van der Waals surface area contributed by atoms with E-state index >= 15 is 4.39 Å². The Hall–Kier alpha value is -3.27. The summed E-state index contributed by atoms with van der Waals surface area (Å²) in [5, 5.41) is 0. The lowest BCUT2D eigenvalue weighted by Gasteiger charge is -2.34. The van der Waals surface area contributed by atoms with E-state index in [-0.39, 0.29) is 23.7 Å². The lowest BCUT2D eigenvalue weighted by molar-refractivity contribution is 0.212. The summed E-state index contributed by atoms with van der Waals surface area (Å²) in [6, 6.07) is 15.3. The molecule has 1 atom stereocenters. The summed E-state index contributed by atoms with van der Waals surface area (Å²) in [5.74, 6) is -0.00322. The van der Waals surface area contributed by atoms with Gasteiger partial charge in [-0.15, -0.1) is 0 Å². The van der Waals surface area contributed by atoms with Gasteiger partial charge in [-0.05, 0) is 117 Å². The second kappa shape index (κ2) is 12.3. The first-order valence-corrected chi connectivity index (χ1v) is 14.3. The van der Waals surface area contributed by atoms with Gasteiger partial charge in [0.15, 0.2) is 11.6 Å². The van der Waals surface area contributed by atoms with Crippen LogP contribution < -0.4 is 4.74 Å². The average molecular weight is 531 g/mol. The number of rotatable bonds is 7. The summed E-state index contributed by atoms with van der Waals surface area (Å²) in [5.41, 5.74) is 4.05. The Morgan fingerprint density at radius 3 is 2.05 bits per heavy atom. The minimum absolute atomic E-state index is 0.103. The molecule has 0 bridgehead atoms. The van der Waals surface area contributed by atoms with Crippen molar-refractivity contribution >= 4 is 5.57 Å². The van der Waals surface area contributed by atoms with E-state index in [1.165, 1.54) is 49.8 Å². The van der Waals surface area contributed by atoms with E-state index in [0.717, 1.165) is 36.2 Å². The molecule has 1 nitrogen and oxygen atoms in total. The van der Waals surface area contributed by atoms with E-state index in [1.807, 2.05) is 12.1 Å². The molecule has 0 amide bonds. The van der Waals surface area contributed by atoms with Gasteiger partial charge in [0.2, 0.25) is 5.82 Å². The van der Waals surface area contributed by atoms with Crippen molar-refractivity contribution in [1.29, 1.82) is 0 Å². The van der Waals surface area contributed by atoms with Crippen molar-refractivity contribution in [3.8, 4) is 28.0 Å². The summed E-state index contributed by atoms with van der Waals surface area (Å²) in [7, 11) is 0. The first-order chi connectivity index (χ1) is 19.0. The fraction of sp³-hybridized carbons (Fsp3) is 0.371. The largest absolute Gasteiger partial charge is 0.491 e. The molecule has 204 valence electrons. The van der Waals surface area contributed by atoms with Crippen LogP contribution in [0.1, 0.15) is 64.4 Å². The standard InChI is InChI=1S/C35H37F3O/c1-3-5-23-6-8-24(9-7-23)25-10-12-26(13-11-25)29-18-19-30(32(36)22-29)27-14-16-28(17-15-27)31-20-21-33(39-4-2)35(38)34(31)37/h3,5,12,14-25H,4,6-11,13H2,1-2H3. The summed E-state index contributed by atoms with van der Waals surface area (Å²) in [4.78, 5) is 0. The Balaban J connectivity index is 1.26. The van der Waals surface area contributed by atoms with Gasteiger partial charge in [-0.1, -0.05) is 54.6 Å². The van der Waals surface area contributed by atoms with Crippen molar-refractivity contribution < 1.29 is 17.9 Å². The molecule has 39 heavy (non-hydrogen) atoms. The van der Waals surface area contributed by atoms with Crippen LogP contribution in [-0.4, -0.2) is 6.61 Å². The maximum atomic E-state index is 15.3. The Kier molecular flexibility index (Phi) is 8.60. The van der Waals surface area contributed by atoms with Crippen LogP contribution in [0, 0.1) is 35.2 Å². The smallest absolute Gasteiger partial charge is 0.201 e. The Morgan fingerprint density at radius 1 is 0.769 bits per heavy atom. The second-order valence-corrected chi connectivity index (χ2v) is 10.9. The molecule has 1 unspecified atom stereocenters. The molecular weight excluding hydrogens is 493 g/mol. The van der Waals surface area contributed by atoms with Crippen molar-refractivity contribution in [2.24, 2.45) is 17.8 Å². The number of hydrogen-bond acceptors (Lipinski definition) is 1. The minimum atomic E-state index is -1.000. The number of allylic oxidation sites excluding steroid dienone is 4. The van der Waals surface area contributed by atoms with E-state index in [1.54, 1.807) is 37.3 Å². The number of halogens is 3. The van der Waals surface area contributed by atoms with Crippen molar-refractivity contribution in [3.63, 3.8) is 0 Å². The topological polar surface area (TPSA) is 9.23 Å². The summed E-state index contributed by atoms with van der Waals surface area (Å²) in [6.07, 6.45) is 15.4. The third kappa shape index (κ3) is 6.00. The van der Waals surface area contributed by atoms with Gasteiger partial charge in [-0.2, -0.15) is 4.39 Å². The molecule has 0 spiro atoms. The predicted octanol–water partition coefficient (Wildman–Crippen LogP) is 10.4. The summed E-state index contributed by atoms with van der Waals surface area (Å²) in [6.45, 7) is 4.08. The molecule has 1 saturated carbocycles. The van der Waals surface area contributed by atoms with Gasteiger partial charge < -0.3 is 4.74 Å². The second-order valence-electron chi connectivity index (χ2n) is 10.9. The fourth-order valence-corrected chi connectivity index (χ4v) is 6.43. The van der Waals surface area contributed by atoms with Crippen LogP contribution in [0.2, 0.25) is 0 Å². The zero-order valence-corrected chi connectivity index (χ0v) is 22.9. The molecule has 0 radical (unpaired) electrons. The van der Waals surface area contributed by atoms with Gasteiger partial charge in [-0.25, -0.2) is 8.78 Å². The quantitative estimate of drug-likeness (QED) is 0.276. The van der Waals surface area contributed by atoms with Crippen molar-refractivity contribution in [2.75, 3.05) is 6.61 Å². The molecule has 0 aliphatic heterocycles. The number of ether oxygens (including phenoxy) is 1. The highest BCUT2D eigenvalue weighted by atomic mass is 19.2. The molecule has 4 heteroatoms. The van der Waals surface area contributed by atoms with Gasteiger partial charge in [0.25, 0.3) is 0 Å². The minimum Gasteiger partial charge on any atom is -0.491 e. The summed E-state index contributed by atoms with van der Waals surface area (Å²) >= 11 is 0. The van der Waals surface area contributed by atoms with Gasteiger partial charge in [0, 0.05) is 11.1 Å². The highest BCUT2D eigenvalue weighted by Gasteiger charge is 2.28. The molecular formula is C35H37F3O. The van der Waals surface area contributed by atoms with Crippen LogP contribution >= 0.6 is 0 Å². The zero-order valence-electron chi connectivity index (χ0n) is 22.9. The highest BCUT2D eigenvalue weighted by molar-refractivity contribution is 5.74. The molecule has 0 saturated heterocycles. The molecule has 0 N–H and O–H groups in total. The van der Waals surface area contributed by atoms with Gasteiger partial charge in [0.05, 0.1) is 6.61 Å². The first kappa shape index (κ1) is 27.3.